The minimum atomic E-state index is -0.914. The highest BCUT2D eigenvalue weighted by molar-refractivity contribution is 5.78. The number of methoxy groups -OCH3 is 1. The van der Waals surface area contributed by atoms with Gasteiger partial charge in [-0.15, -0.1) is 0 Å². The van der Waals surface area contributed by atoms with E-state index in [0.717, 1.165) is 0 Å². The summed E-state index contributed by atoms with van der Waals surface area (Å²) in [6.07, 6.45) is 0.284. The lowest BCUT2D eigenvalue weighted by Gasteiger charge is -2.18. The zero-order valence-electron chi connectivity index (χ0n) is 10.4. The van der Waals surface area contributed by atoms with Crippen molar-refractivity contribution in [2.24, 2.45) is 5.92 Å². The number of aliphatic carboxylic acids is 1. The first-order valence-corrected chi connectivity index (χ1v) is 5.39. The molecule has 98 valence electrons. The van der Waals surface area contributed by atoms with E-state index in [0.29, 0.717) is 0 Å². The number of carboxylic acids is 1. The van der Waals surface area contributed by atoms with Crippen LogP contribution < -0.4 is 0 Å². The Bertz CT molecular complexity index is 290. The van der Waals surface area contributed by atoms with Crippen LogP contribution in [0.25, 0.3) is 0 Å². The Hall–Kier alpha value is -1.59. The molecule has 1 amide bonds. The zero-order valence-corrected chi connectivity index (χ0v) is 10.4. The third-order valence-corrected chi connectivity index (χ3v) is 2.35. The van der Waals surface area contributed by atoms with Gasteiger partial charge in [-0.3, -0.25) is 14.4 Å². The van der Waals surface area contributed by atoms with Gasteiger partial charge in [0.05, 0.1) is 13.5 Å². The molecule has 0 fully saturated rings. The van der Waals surface area contributed by atoms with Gasteiger partial charge < -0.3 is 14.7 Å². The quantitative estimate of drug-likeness (QED) is 0.661. The van der Waals surface area contributed by atoms with Crippen molar-refractivity contribution in [1.82, 2.24) is 4.90 Å². The first kappa shape index (κ1) is 15.4. The molecule has 0 spiro atoms. The first-order chi connectivity index (χ1) is 7.86. The number of esters is 1. The number of rotatable bonds is 7. The first-order valence-electron chi connectivity index (χ1n) is 5.39. The molecule has 6 heteroatoms. The summed E-state index contributed by atoms with van der Waals surface area (Å²) >= 11 is 0. The highest BCUT2D eigenvalue weighted by Crippen LogP contribution is 2.09. The number of hydrogen-bond acceptors (Lipinski definition) is 4. The molecule has 0 rings (SSSR count). The van der Waals surface area contributed by atoms with Gasteiger partial charge in [-0.1, -0.05) is 6.92 Å². The summed E-state index contributed by atoms with van der Waals surface area (Å²) in [6.45, 7) is 1.99. The van der Waals surface area contributed by atoms with Crippen LogP contribution >= 0.6 is 0 Å². The van der Waals surface area contributed by atoms with E-state index in [4.69, 9.17) is 5.11 Å². The van der Waals surface area contributed by atoms with Crippen LogP contribution in [0.15, 0.2) is 0 Å². The largest absolute Gasteiger partial charge is 0.481 e. The van der Waals surface area contributed by atoms with Gasteiger partial charge in [0.1, 0.15) is 0 Å². The molecule has 1 atom stereocenters. The summed E-state index contributed by atoms with van der Waals surface area (Å²) < 4.78 is 4.46. The van der Waals surface area contributed by atoms with Crippen molar-refractivity contribution in [2.45, 2.75) is 26.2 Å². The van der Waals surface area contributed by atoms with Crippen LogP contribution in [0.3, 0.4) is 0 Å². The fourth-order valence-corrected chi connectivity index (χ4v) is 1.31. The van der Waals surface area contributed by atoms with Crippen molar-refractivity contribution >= 4 is 17.8 Å². The number of carbonyl (C=O) groups is 3. The smallest absolute Gasteiger partial charge is 0.307 e. The van der Waals surface area contributed by atoms with E-state index in [1.54, 1.807) is 14.0 Å². The van der Waals surface area contributed by atoms with Gasteiger partial charge in [0.25, 0.3) is 0 Å². The Balaban J connectivity index is 3.96. The summed E-state index contributed by atoms with van der Waals surface area (Å²) in [5, 5.41) is 8.56. The van der Waals surface area contributed by atoms with Gasteiger partial charge >= 0.3 is 11.9 Å². The molecule has 0 radical (unpaired) electrons. The van der Waals surface area contributed by atoms with Gasteiger partial charge in [0.15, 0.2) is 0 Å². The molecular weight excluding hydrogens is 226 g/mol. The zero-order chi connectivity index (χ0) is 13.4. The molecule has 0 aliphatic carbocycles. The lowest BCUT2D eigenvalue weighted by Crippen LogP contribution is -2.30. The summed E-state index contributed by atoms with van der Waals surface area (Å²) in [6, 6.07) is 0. The van der Waals surface area contributed by atoms with Crippen LogP contribution in [0.4, 0.5) is 0 Å². The predicted molar refractivity (Wildman–Crippen MR) is 60.3 cm³/mol. The van der Waals surface area contributed by atoms with Gasteiger partial charge in [0.2, 0.25) is 5.91 Å². The van der Waals surface area contributed by atoms with Crippen LogP contribution in [0.1, 0.15) is 26.2 Å². The number of hydrogen-bond donors (Lipinski definition) is 1. The molecule has 1 N–H and O–H groups in total. The van der Waals surface area contributed by atoms with Crippen molar-refractivity contribution in [1.29, 1.82) is 0 Å². The third-order valence-electron chi connectivity index (χ3n) is 2.35. The molecule has 0 aromatic carbocycles. The van der Waals surface area contributed by atoms with Gasteiger partial charge in [-0.25, -0.2) is 0 Å². The molecule has 0 aromatic rings. The Labute approximate surface area is 101 Å². The maximum absolute atomic E-state index is 11.6. The second kappa shape index (κ2) is 7.65. The highest BCUT2D eigenvalue weighted by Gasteiger charge is 2.16. The van der Waals surface area contributed by atoms with E-state index in [9.17, 15) is 14.4 Å². The van der Waals surface area contributed by atoms with E-state index in [1.807, 2.05) is 0 Å². The van der Waals surface area contributed by atoms with E-state index in [1.165, 1.54) is 12.0 Å². The number of amides is 1. The molecule has 6 nitrogen and oxygen atoms in total. The predicted octanol–water partition coefficient (Wildman–Crippen LogP) is 0.509. The summed E-state index contributed by atoms with van der Waals surface area (Å²) in [5.74, 6) is -1.66. The van der Waals surface area contributed by atoms with E-state index >= 15 is 0 Å². The topological polar surface area (TPSA) is 83.9 Å². The minimum Gasteiger partial charge on any atom is -0.481 e. The summed E-state index contributed by atoms with van der Waals surface area (Å²) in [4.78, 5) is 34.3. The van der Waals surface area contributed by atoms with Crippen LogP contribution in [-0.2, 0) is 19.1 Å². The molecule has 0 heterocycles. The van der Waals surface area contributed by atoms with Crippen molar-refractivity contribution in [3.8, 4) is 0 Å². The van der Waals surface area contributed by atoms with Crippen molar-refractivity contribution in [3.05, 3.63) is 0 Å². The number of ether oxygens (including phenoxy) is 1. The van der Waals surface area contributed by atoms with E-state index < -0.39 is 5.97 Å². The summed E-state index contributed by atoms with van der Waals surface area (Å²) in [7, 11) is 2.87. The Kier molecular flexibility index (Phi) is 6.93. The number of carbonyl (C=O) groups excluding carboxylic acids is 2. The van der Waals surface area contributed by atoms with Crippen LogP contribution in [0.5, 0.6) is 0 Å². The minimum absolute atomic E-state index is 0.0312. The molecule has 0 saturated heterocycles. The monoisotopic (exact) mass is 245 g/mol. The van der Waals surface area contributed by atoms with Gasteiger partial charge in [-0.2, -0.15) is 0 Å². The highest BCUT2D eigenvalue weighted by atomic mass is 16.5. The van der Waals surface area contributed by atoms with E-state index in [2.05, 4.69) is 4.74 Å². The van der Waals surface area contributed by atoms with Crippen LogP contribution in [-0.4, -0.2) is 48.6 Å². The second-order valence-electron chi connectivity index (χ2n) is 4.05. The van der Waals surface area contributed by atoms with Gasteiger partial charge in [0, 0.05) is 26.4 Å². The fourth-order valence-electron chi connectivity index (χ4n) is 1.31. The SMILES string of the molecule is COC(=O)CCN(C)C(=O)CC(C)CC(=O)O. The molecule has 0 aliphatic rings. The molecule has 1 unspecified atom stereocenters. The standard InChI is InChI=1S/C11H19NO5/c1-8(7-10(14)15)6-9(13)12(2)5-4-11(16)17-3/h8H,4-7H2,1-3H3,(H,14,15). The average molecular weight is 245 g/mol. The van der Waals surface area contributed by atoms with E-state index in [-0.39, 0.29) is 43.6 Å². The van der Waals surface area contributed by atoms with Crippen molar-refractivity contribution in [3.63, 3.8) is 0 Å². The second-order valence-corrected chi connectivity index (χ2v) is 4.05. The number of carboxylic acid groups (broad SMARTS) is 1. The Morgan fingerprint density at radius 3 is 2.35 bits per heavy atom. The third kappa shape index (κ3) is 7.32. The maximum Gasteiger partial charge on any atom is 0.307 e. The number of nitrogens with zero attached hydrogens (tertiary/aromatic N) is 1. The molecule has 0 aliphatic heterocycles. The fraction of sp³-hybridized carbons (Fsp3) is 0.727. The normalized spacial score (nSPS) is 11.7. The summed E-state index contributed by atoms with van der Waals surface area (Å²) in [5.41, 5.74) is 0. The Morgan fingerprint density at radius 2 is 1.88 bits per heavy atom. The van der Waals surface area contributed by atoms with Crippen molar-refractivity contribution in [2.75, 3.05) is 20.7 Å². The average Bonchev–Trinajstić information content (AvgIpc) is 2.23. The lowest BCUT2D eigenvalue weighted by atomic mass is 10.0. The molecule has 0 bridgehead atoms. The Morgan fingerprint density at radius 1 is 1.29 bits per heavy atom. The molecule has 0 saturated carbocycles. The van der Waals surface area contributed by atoms with Crippen LogP contribution in [0, 0.1) is 5.92 Å². The van der Waals surface area contributed by atoms with Gasteiger partial charge in [-0.05, 0) is 5.92 Å². The van der Waals surface area contributed by atoms with Crippen molar-refractivity contribution < 1.29 is 24.2 Å². The molecule has 0 aromatic heterocycles. The van der Waals surface area contributed by atoms with Crippen LogP contribution in [0.2, 0.25) is 0 Å². The maximum atomic E-state index is 11.6. The molecular formula is C11H19NO5. The lowest BCUT2D eigenvalue weighted by molar-refractivity contribution is -0.141. The molecule has 17 heavy (non-hydrogen) atoms.